The number of hydrogen-bond acceptors (Lipinski definition) is 8. The summed E-state index contributed by atoms with van der Waals surface area (Å²) < 4.78 is 10.6. The third kappa shape index (κ3) is 4.06. The number of fused-ring (bicyclic) bond motifs is 1. The van der Waals surface area contributed by atoms with Crippen LogP contribution in [-0.4, -0.2) is 29.1 Å². The van der Waals surface area contributed by atoms with Gasteiger partial charge in [0, 0.05) is 17.1 Å². The number of methoxy groups -OCH3 is 2. The predicted molar refractivity (Wildman–Crippen MR) is 124 cm³/mol. The zero-order valence-corrected chi connectivity index (χ0v) is 17.9. The first-order chi connectivity index (χ1) is 15.5. The lowest BCUT2D eigenvalue weighted by Crippen LogP contribution is -2.06. The molecule has 4 rings (SSSR count). The molecule has 0 fully saturated rings. The second-order valence-corrected chi connectivity index (χ2v) is 7.05. The molecular formula is C22H18ClN5O4. The SMILES string of the molecule is COc1cc(OC)c(Nc2ncnc(Nc3cccc4ccccc34)c2[N+](=O)[O-])cc1Cl. The van der Waals surface area contributed by atoms with E-state index in [1.165, 1.54) is 20.5 Å². The average molecular weight is 452 g/mol. The van der Waals surface area contributed by atoms with Gasteiger partial charge in [-0.05, 0) is 17.5 Å². The normalized spacial score (nSPS) is 10.6. The molecule has 1 aromatic heterocycles. The van der Waals surface area contributed by atoms with Crippen LogP contribution in [-0.2, 0) is 0 Å². The molecule has 0 spiro atoms. The maximum atomic E-state index is 12.0. The van der Waals surface area contributed by atoms with Crippen LogP contribution >= 0.6 is 11.6 Å². The summed E-state index contributed by atoms with van der Waals surface area (Å²) in [5, 5.41) is 20.2. The molecule has 10 heteroatoms. The fourth-order valence-electron chi connectivity index (χ4n) is 3.28. The van der Waals surface area contributed by atoms with E-state index in [2.05, 4.69) is 20.6 Å². The Morgan fingerprint density at radius 1 is 0.906 bits per heavy atom. The van der Waals surface area contributed by atoms with E-state index in [1.54, 1.807) is 12.1 Å². The number of aromatic nitrogens is 2. The molecule has 0 saturated heterocycles. The van der Waals surface area contributed by atoms with Crippen molar-refractivity contribution in [3.8, 4) is 11.5 Å². The Kier molecular flexibility index (Phi) is 5.91. The summed E-state index contributed by atoms with van der Waals surface area (Å²) in [4.78, 5) is 19.6. The summed E-state index contributed by atoms with van der Waals surface area (Å²) in [7, 11) is 2.95. The highest BCUT2D eigenvalue weighted by Gasteiger charge is 2.25. The minimum atomic E-state index is -0.548. The highest BCUT2D eigenvalue weighted by molar-refractivity contribution is 6.32. The number of ether oxygens (including phenoxy) is 2. The summed E-state index contributed by atoms with van der Waals surface area (Å²) in [5.74, 6) is 0.807. The fourth-order valence-corrected chi connectivity index (χ4v) is 3.52. The second kappa shape index (κ2) is 8.94. The van der Waals surface area contributed by atoms with Crippen molar-refractivity contribution in [3.05, 3.63) is 76.1 Å². The van der Waals surface area contributed by atoms with E-state index >= 15 is 0 Å². The van der Waals surface area contributed by atoms with Gasteiger partial charge in [-0.2, -0.15) is 0 Å². The third-order valence-electron chi connectivity index (χ3n) is 4.77. The summed E-state index contributed by atoms with van der Waals surface area (Å²) in [5.41, 5.74) is 0.742. The Balaban J connectivity index is 1.77. The standard InChI is InChI=1S/C22H18ClN5O4/c1-31-18-11-19(32-2)17(10-15(18)23)27-22-20(28(29)30)21(24-12-25-22)26-16-9-5-7-13-6-3-4-8-14(13)16/h3-12H,1-2H3,(H2,24,25,26,27). The van der Waals surface area contributed by atoms with Gasteiger partial charge in [-0.3, -0.25) is 10.1 Å². The fraction of sp³-hybridized carbons (Fsp3) is 0.0909. The minimum absolute atomic E-state index is 0.0210. The van der Waals surface area contributed by atoms with E-state index in [0.29, 0.717) is 27.9 Å². The van der Waals surface area contributed by atoms with Gasteiger partial charge in [0.15, 0.2) is 0 Å². The molecule has 0 amide bonds. The third-order valence-corrected chi connectivity index (χ3v) is 5.07. The number of rotatable bonds is 7. The first-order valence-electron chi connectivity index (χ1n) is 9.44. The first kappa shape index (κ1) is 21.1. The lowest BCUT2D eigenvalue weighted by molar-refractivity contribution is -0.383. The van der Waals surface area contributed by atoms with E-state index in [0.717, 1.165) is 10.8 Å². The van der Waals surface area contributed by atoms with Gasteiger partial charge >= 0.3 is 5.69 Å². The van der Waals surface area contributed by atoms with Crippen LogP contribution in [0.1, 0.15) is 0 Å². The zero-order chi connectivity index (χ0) is 22.7. The molecule has 0 saturated carbocycles. The maximum absolute atomic E-state index is 12.0. The van der Waals surface area contributed by atoms with Crippen molar-refractivity contribution >= 4 is 51.1 Å². The molecule has 9 nitrogen and oxygen atoms in total. The van der Waals surface area contributed by atoms with E-state index in [9.17, 15) is 10.1 Å². The smallest absolute Gasteiger partial charge is 0.353 e. The molecule has 2 N–H and O–H groups in total. The van der Waals surface area contributed by atoms with E-state index in [-0.39, 0.29) is 17.3 Å². The highest BCUT2D eigenvalue weighted by Crippen LogP contribution is 2.40. The lowest BCUT2D eigenvalue weighted by Gasteiger charge is -2.14. The van der Waals surface area contributed by atoms with E-state index < -0.39 is 4.92 Å². The van der Waals surface area contributed by atoms with Crippen molar-refractivity contribution in [2.24, 2.45) is 0 Å². The van der Waals surface area contributed by atoms with Gasteiger partial charge in [0.2, 0.25) is 11.6 Å². The molecule has 32 heavy (non-hydrogen) atoms. The molecule has 0 unspecified atom stereocenters. The van der Waals surface area contributed by atoms with Crippen molar-refractivity contribution in [2.75, 3.05) is 24.9 Å². The summed E-state index contributed by atoms with van der Waals surface area (Å²) in [6, 6.07) is 16.5. The number of benzene rings is 3. The molecule has 4 aromatic rings. The highest BCUT2D eigenvalue weighted by atomic mass is 35.5. The Morgan fingerprint density at radius 2 is 1.56 bits per heavy atom. The molecule has 0 aliphatic heterocycles. The minimum Gasteiger partial charge on any atom is -0.495 e. The number of nitrogens with zero attached hydrogens (tertiary/aromatic N) is 3. The van der Waals surface area contributed by atoms with E-state index in [1.807, 2.05) is 42.5 Å². The van der Waals surface area contributed by atoms with Gasteiger partial charge in [-0.15, -0.1) is 0 Å². The van der Waals surface area contributed by atoms with Crippen LogP contribution in [0.3, 0.4) is 0 Å². The Hall–Kier alpha value is -4.11. The van der Waals surface area contributed by atoms with Gasteiger partial charge in [0.1, 0.15) is 17.8 Å². The van der Waals surface area contributed by atoms with Crippen LogP contribution < -0.4 is 20.1 Å². The molecular weight excluding hydrogens is 434 g/mol. The number of anilines is 4. The zero-order valence-electron chi connectivity index (χ0n) is 17.1. The largest absolute Gasteiger partial charge is 0.495 e. The molecule has 0 atom stereocenters. The van der Waals surface area contributed by atoms with E-state index in [4.69, 9.17) is 21.1 Å². The predicted octanol–water partition coefficient (Wildman–Crippen LogP) is 5.70. The van der Waals surface area contributed by atoms with Gasteiger partial charge in [0.05, 0.1) is 29.9 Å². The molecule has 1 heterocycles. The summed E-state index contributed by atoms with van der Waals surface area (Å²) in [6.07, 6.45) is 1.24. The molecule has 0 bridgehead atoms. The van der Waals surface area contributed by atoms with Crippen molar-refractivity contribution in [1.82, 2.24) is 9.97 Å². The van der Waals surface area contributed by atoms with Crippen LogP contribution in [0.4, 0.5) is 28.7 Å². The van der Waals surface area contributed by atoms with Crippen LogP contribution in [0.25, 0.3) is 10.8 Å². The van der Waals surface area contributed by atoms with Gasteiger partial charge < -0.3 is 20.1 Å². The molecule has 162 valence electrons. The van der Waals surface area contributed by atoms with Crippen LogP contribution in [0.2, 0.25) is 5.02 Å². The van der Waals surface area contributed by atoms with Gasteiger partial charge in [0.25, 0.3) is 0 Å². The second-order valence-electron chi connectivity index (χ2n) is 6.64. The Bertz CT molecular complexity index is 1310. The summed E-state index contributed by atoms with van der Waals surface area (Å²) in [6.45, 7) is 0. The molecule has 0 aliphatic carbocycles. The lowest BCUT2D eigenvalue weighted by atomic mass is 10.1. The van der Waals surface area contributed by atoms with Crippen molar-refractivity contribution < 1.29 is 14.4 Å². The Labute approximate surface area is 188 Å². The van der Waals surface area contributed by atoms with Crippen molar-refractivity contribution in [3.63, 3.8) is 0 Å². The maximum Gasteiger partial charge on any atom is 0.353 e. The average Bonchev–Trinajstić information content (AvgIpc) is 2.79. The van der Waals surface area contributed by atoms with Crippen molar-refractivity contribution in [1.29, 1.82) is 0 Å². The topological polar surface area (TPSA) is 111 Å². The van der Waals surface area contributed by atoms with Crippen LogP contribution in [0, 0.1) is 10.1 Å². The molecule has 0 aliphatic rings. The molecule has 3 aromatic carbocycles. The molecule has 0 radical (unpaired) electrons. The number of halogens is 1. The number of hydrogen-bond donors (Lipinski definition) is 2. The van der Waals surface area contributed by atoms with Crippen LogP contribution in [0.5, 0.6) is 11.5 Å². The van der Waals surface area contributed by atoms with Crippen LogP contribution in [0.15, 0.2) is 60.9 Å². The number of nitro groups is 1. The monoisotopic (exact) mass is 451 g/mol. The first-order valence-corrected chi connectivity index (χ1v) is 9.82. The quantitative estimate of drug-likeness (QED) is 0.272. The van der Waals surface area contributed by atoms with Gasteiger partial charge in [-0.25, -0.2) is 9.97 Å². The summed E-state index contributed by atoms with van der Waals surface area (Å²) >= 11 is 6.22. The van der Waals surface area contributed by atoms with Gasteiger partial charge in [-0.1, -0.05) is 48.0 Å². The van der Waals surface area contributed by atoms with Crippen molar-refractivity contribution in [2.45, 2.75) is 0 Å². The Morgan fingerprint density at radius 3 is 2.25 bits per heavy atom. The number of nitrogens with one attached hydrogen (secondary N) is 2.